The number of imide groups is 1. The first-order chi connectivity index (χ1) is 16.0. The Balaban J connectivity index is 1.04. The molecule has 4 aliphatic carbocycles. The second kappa shape index (κ2) is 9.33. The van der Waals surface area contributed by atoms with Gasteiger partial charge in [0, 0.05) is 12.1 Å². The Morgan fingerprint density at radius 3 is 2.27 bits per heavy atom. The minimum absolute atomic E-state index is 0.119. The summed E-state index contributed by atoms with van der Waals surface area (Å²) in [4.78, 5) is 36.8. The molecule has 4 bridgehead atoms. The number of amides is 3. The molecule has 1 aromatic rings. The van der Waals surface area contributed by atoms with Gasteiger partial charge in [-0.25, -0.2) is 9.59 Å². The zero-order valence-electron chi connectivity index (χ0n) is 18.8. The lowest BCUT2D eigenvalue weighted by Crippen LogP contribution is -2.62. The number of esters is 1. The number of hydrogen-bond acceptors (Lipinski definition) is 6. The van der Waals surface area contributed by atoms with E-state index in [1.165, 1.54) is 19.3 Å². The highest BCUT2D eigenvalue weighted by atomic mass is 16.5. The highest BCUT2D eigenvalue weighted by molar-refractivity contribution is 5.97. The van der Waals surface area contributed by atoms with E-state index in [9.17, 15) is 14.4 Å². The minimum atomic E-state index is -0.637. The topological polar surface area (TPSA) is 103 Å². The molecular formula is C25H32N2O6. The standard InChI is InChI=1S/C25H32N2O6/c28-22(26-24(30)27-25-11-16-8-17(12-25)10-18(9-16)13-25)15-33-23(29)19-3-5-20(6-4-19)32-14-21-2-1-7-31-21/h3-6,16-18,21H,1-2,7-15H2,(H2,26,27,28,30). The van der Waals surface area contributed by atoms with E-state index in [0.717, 1.165) is 38.7 Å². The fourth-order valence-electron chi connectivity index (χ4n) is 6.57. The van der Waals surface area contributed by atoms with Crippen molar-refractivity contribution in [3.63, 3.8) is 0 Å². The highest BCUT2D eigenvalue weighted by Crippen LogP contribution is 2.55. The average Bonchev–Trinajstić information content (AvgIpc) is 3.29. The van der Waals surface area contributed by atoms with Crippen LogP contribution in [0, 0.1) is 17.8 Å². The van der Waals surface area contributed by atoms with Gasteiger partial charge in [0.1, 0.15) is 12.4 Å². The normalized spacial score (nSPS) is 31.8. The van der Waals surface area contributed by atoms with E-state index in [1.807, 2.05) is 0 Å². The van der Waals surface area contributed by atoms with E-state index < -0.39 is 24.5 Å². The van der Waals surface area contributed by atoms with E-state index in [-0.39, 0.29) is 11.6 Å². The van der Waals surface area contributed by atoms with Crippen LogP contribution < -0.4 is 15.4 Å². The predicted octanol–water partition coefficient (Wildman–Crippen LogP) is 3.20. The molecule has 1 aromatic carbocycles. The molecule has 2 N–H and O–H groups in total. The van der Waals surface area contributed by atoms with Crippen LogP contribution in [0.1, 0.15) is 61.7 Å². The summed E-state index contributed by atoms with van der Waals surface area (Å²) in [5.41, 5.74) is 0.133. The Morgan fingerprint density at radius 2 is 1.67 bits per heavy atom. The molecule has 0 aromatic heterocycles. The molecule has 8 nitrogen and oxygen atoms in total. The Hall–Kier alpha value is -2.61. The van der Waals surface area contributed by atoms with Crippen molar-refractivity contribution < 1.29 is 28.6 Å². The maximum atomic E-state index is 12.4. The second-order valence-electron chi connectivity index (χ2n) is 10.2. The van der Waals surface area contributed by atoms with Crippen molar-refractivity contribution in [3.8, 4) is 5.75 Å². The maximum Gasteiger partial charge on any atom is 0.338 e. The molecule has 1 unspecified atom stereocenters. The van der Waals surface area contributed by atoms with Crippen molar-refractivity contribution in [1.29, 1.82) is 0 Å². The van der Waals surface area contributed by atoms with Crippen LogP contribution in [-0.2, 0) is 14.3 Å². The quantitative estimate of drug-likeness (QED) is 0.611. The molecule has 1 heterocycles. The molecule has 0 spiro atoms. The summed E-state index contributed by atoms with van der Waals surface area (Å²) in [6, 6.07) is 6.05. The third-order valence-electron chi connectivity index (χ3n) is 7.55. The summed E-state index contributed by atoms with van der Waals surface area (Å²) in [5.74, 6) is 1.46. The number of urea groups is 1. The third-order valence-corrected chi connectivity index (χ3v) is 7.55. The van der Waals surface area contributed by atoms with Gasteiger partial charge in [-0.3, -0.25) is 10.1 Å². The van der Waals surface area contributed by atoms with Crippen molar-refractivity contribution in [1.82, 2.24) is 10.6 Å². The SMILES string of the molecule is O=C(COC(=O)c1ccc(OCC2CCCO2)cc1)NC(=O)NC12CC3CC(CC(C3)C1)C2. The van der Waals surface area contributed by atoms with Gasteiger partial charge >= 0.3 is 12.0 Å². The van der Waals surface area contributed by atoms with Crippen molar-refractivity contribution >= 4 is 17.9 Å². The number of rotatable bonds is 7. The maximum absolute atomic E-state index is 12.4. The van der Waals surface area contributed by atoms with Crippen LogP contribution in [0.5, 0.6) is 5.75 Å². The molecule has 4 saturated carbocycles. The molecular weight excluding hydrogens is 424 g/mol. The largest absolute Gasteiger partial charge is 0.491 e. The summed E-state index contributed by atoms with van der Waals surface area (Å²) < 4.78 is 16.3. The molecule has 3 amide bonds. The molecule has 1 aliphatic heterocycles. The van der Waals surface area contributed by atoms with Gasteiger partial charge in [0.2, 0.25) is 0 Å². The lowest BCUT2D eigenvalue weighted by Gasteiger charge is -2.56. The molecule has 0 radical (unpaired) electrons. The van der Waals surface area contributed by atoms with Crippen LogP contribution in [0.2, 0.25) is 0 Å². The third kappa shape index (κ3) is 5.32. The fourth-order valence-corrected chi connectivity index (χ4v) is 6.57. The number of hydrogen-bond donors (Lipinski definition) is 2. The summed E-state index contributed by atoms with van der Waals surface area (Å²) in [5, 5.41) is 5.40. The van der Waals surface area contributed by atoms with Gasteiger partial charge in [0.05, 0.1) is 11.7 Å². The van der Waals surface area contributed by atoms with Crippen LogP contribution in [0.25, 0.3) is 0 Å². The monoisotopic (exact) mass is 456 g/mol. The van der Waals surface area contributed by atoms with E-state index in [1.54, 1.807) is 24.3 Å². The van der Waals surface area contributed by atoms with E-state index >= 15 is 0 Å². The number of carbonyl (C=O) groups excluding carboxylic acids is 3. The van der Waals surface area contributed by atoms with E-state index in [2.05, 4.69) is 10.6 Å². The van der Waals surface area contributed by atoms with Gasteiger partial charge in [0.25, 0.3) is 5.91 Å². The van der Waals surface area contributed by atoms with Gasteiger partial charge in [-0.05, 0) is 93.4 Å². The second-order valence-corrected chi connectivity index (χ2v) is 10.2. The first kappa shape index (κ1) is 22.2. The van der Waals surface area contributed by atoms with Crippen molar-refractivity contribution in [2.75, 3.05) is 19.8 Å². The molecule has 1 atom stereocenters. The Kier molecular flexibility index (Phi) is 6.27. The van der Waals surface area contributed by atoms with Gasteiger partial charge in [-0.2, -0.15) is 0 Å². The summed E-state index contributed by atoms with van der Waals surface area (Å²) in [6.45, 7) is 0.746. The van der Waals surface area contributed by atoms with Gasteiger partial charge in [-0.1, -0.05) is 0 Å². The van der Waals surface area contributed by atoms with Crippen LogP contribution >= 0.6 is 0 Å². The number of benzene rings is 1. The predicted molar refractivity (Wildman–Crippen MR) is 119 cm³/mol. The van der Waals surface area contributed by atoms with Crippen molar-refractivity contribution in [2.45, 2.75) is 63.0 Å². The zero-order chi connectivity index (χ0) is 22.8. The van der Waals surface area contributed by atoms with Gasteiger partial charge in [0.15, 0.2) is 6.61 Å². The van der Waals surface area contributed by atoms with Gasteiger partial charge in [-0.15, -0.1) is 0 Å². The van der Waals surface area contributed by atoms with Crippen LogP contribution in [0.15, 0.2) is 24.3 Å². The molecule has 178 valence electrons. The molecule has 6 rings (SSSR count). The first-order valence-electron chi connectivity index (χ1n) is 12.1. The lowest BCUT2D eigenvalue weighted by atomic mass is 9.53. The molecule has 1 saturated heterocycles. The summed E-state index contributed by atoms with van der Waals surface area (Å²) in [6.07, 6.45) is 9.00. The lowest BCUT2D eigenvalue weighted by molar-refractivity contribution is -0.123. The number of carbonyl (C=O) groups is 3. The molecule has 8 heteroatoms. The Bertz CT molecular complexity index is 857. The molecule has 5 fully saturated rings. The summed E-state index contributed by atoms with van der Waals surface area (Å²) in [7, 11) is 0. The average molecular weight is 457 g/mol. The van der Waals surface area contributed by atoms with Crippen LogP contribution in [0.4, 0.5) is 4.79 Å². The van der Waals surface area contributed by atoms with Crippen LogP contribution in [-0.4, -0.2) is 49.4 Å². The summed E-state index contributed by atoms with van der Waals surface area (Å²) >= 11 is 0. The smallest absolute Gasteiger partial charge is 0.338 e. The van der Waals surface area contributed by atoms with Crippen molar-refractivity contribution in [2.24, 2.45) is 17.8 Å². The molecule has 33 heavy (non-hydrogen) atoms. The number of nitrogens with one attached hydrogen (secondary N) is 2. The fraction of sp³-hybridized carbons (Fsp3) is 0.640. The van der Waals surface area contributed by atoms with E-state index in [4.69, 9.17) is 14.2 Å². The minimum Gasteiger partial charge on any atom is -0.491 e. The zero-order valence-corrected chi connectivity index (χ0v) is 18.8. The van der Waals surface area contributed by atoms with E-state index in [0.29, 0.717) is 35.7 Å². The Labute approximate surface area is 193 Å². The Morgan fingerprint density at radius 1 is 1.00 bits per heavy atom. The highest BCUT2D eigenvalue weighted by Gasteiger charge is 2.51. The first-order valence-corrected chi connectivity index (χ1v) is 12.1. The van der Waals surface area contributed by atoms with Crippen LogP contribution in [0.3, 0.4) is 0 Å². The molecule has 5 aliphatic rings. The van der Waals surface area contributed by atoms with Crippen molar-refractivity contribution in [3.05, 3.63) is 29.8 Å². The number of ether oxygens (including phenoxy) is 3. The van der Waals surface area contributed by atoms with Gasteiger partial charge < -0.3 is 19.5 Å².